The molecule has 0 N–H and O–H groups in total. The highest BCUT2D eigenvalue weighted by Gasteiger charge is 2.37. The summed E-state index contributed by atoms with van der Waals surface area (Å²) in [7, 11) is 0. The third-order valence-corrected chi connectivity index (χ3v) is 8.20. The van der Waals surface area contributed by atoms with Crippen LogP contribution in [0.1, 0.15) is 58.0 Å². The van der Waals surface area contributed by atoms with Gasteiger partial charge in [-0.1, -0.05) is 26.0 Å². The fraction of sp³-hybridized carbons (Fsp3) is 0.571. The molecule has 1 unspecified atom stereocenters. The monoisotopic (exact) mass is 520 g/mol. The second-order valence-corrected chi connectivity index (χ2v) is 11.3. The molecule has 2 fully saturated rings. The van der Waals surface area contributed by atoms with Gasteiger partial charge >= 0.3 is 0 Å². The van der Waals surface area contributed by atoms with Gasteiger partial charge in [-0.05, 0) is 57.2 Å². The zero-order chi connectivity index (χ0) is 26.6. The molecule has 5 heterocycles. The van der Waals surface area contributed by atoms with Gasteiger partial charge in [-0.2, -0.15) is 4.98 Å². The number of benzene rings is 1. The first-order valence-electron chi connectivity index (χ1n) is 13.8. The average molecular weight is 521 g/mol. The zero-order valence-corrected chi connectivity index (χ0v) is 22.9. The summed E-state index contributed by atoms with van der Waals surface area (Å²) in [6, 6.07) is 7.59. The van der Waals surface area contributed by atoms with E-state index in [0.29, 0.717) is 11.7 Å². The Morgan fingerprint density at radius 3 is 2.71 bits per heavy atom. The molecule has 3 aromatic heterocycles. The number of aromatic nitrogens is 6. The van der Waals surface area contributed by atoms with Crippen molar-refractivity contribution in [3.63, 3.8) is 0 Å². The third-order valence-electron chi connectivity index (χ3n) is 8.20. The topological polar surface area (TPSA) is 76.6 Å². The molecule has 2 saturated heterocycles. The van der Waals surface area contributed by atoms with Gasteiger partial charge in [-0.3, -0.25) is 4.90 Å². The molecule has 0 amide bonds. The third kappa shape index (κ3) is 4.33. The van der Waals surface area contributed by atoms with E-state index in [9.17, 15) is 4.39 Å². The molecule has 38 heavy (non-hydrogen) atoms. The van der Waals surface area contributed by atoms with Crippen molar-refractivity contribution in [2.45, 2.75) is 78.2 Å². The number of piperazine rings is 1. The fourth-order valence-electron chi connectivity index (χ4n) is 6.45. The number of fused-ring (bicyclic) bond motifs is 3. The molecule has 2 aliphatic heterocycles. The highest BCUT2D eigenvalue weighted by atomic mass is 19.1. The highest BCUT2D eigenvalue weighted by Crippen LogP contribution is 2.36. The summed E-state index contributed by atoms with van der Waals surface area (Å²) in [5.74, 6) is 2.51. The van der Waals surface area contributed by atoms with E-state index < -0.39 is 0 Å². The van der Waals surface area contributed by atoms with E-state index in [1.807, 2.05) is 23.5 Å². The van der Waals surface area contributed by atoms with Crippen LogP contribution in [-0.4, -0.2) is 71.9 Å². The summed E-state index contributed by atoms with van der Waals surface area (Å²) in [5, 5.41) is 8.49. The van der Waals surface area contributed by atoms with Gasteiger partial charge in [0, 0.05) is 37.8 Å². The molecule has 6 rings (SSSR count). The molecule has 10 heteroatoms. The summed E-state index contributed by atoms with van der Waals surface area (Å²) in [4.78, 5) is 14.9. The number of rotatable bonds is 6. The van der Waals surface area contributed by atoms with Gasteiger partial charge in [0.25, 0.3) is 5.78 Å². The van der Waals surface area contributed by atoms with Crippen molar-refractivity contribution >= 4 is 22.8 Å². The molecular weight excluding hydrogens is 483 g/mol. The van der Waals surface area contributed by atoms with E-state index >= 15 is 0 Å². The number of hydrogen-bond acceptors (Lipinski definition) is 7. The Balaban J connectivity index is 1.37. The van der Waals surface area contributed by atoms with Crippen molar-refractivity contribution in [1.82, 2.24) is 34.0 Å². The van der Waals surface area contributed by atoms with Crippen molar-refractivity contribution in [3.8, 4) is 0 Å². The van der Waals surface area contributed by atoms with Crippen LogP contribution in [-0.2, 0) is 11.3 Å². The second kappa shape index (κ2) is 9.89. The number of nitrogens with zero attached hydrogens (tertiary/aromatic N) is 8. The first-order chi connectivity index (χ1) is 18.3. The minimum Gasteiger partial charge on any atom is -0.376 e. The fourth-order valence-corrected chi connectivity index (χ4v) is 6.45. The normalized spacial score (nSPS) is 23.8. The maximum atomic E-state index is 14.2. The van der Waals surface area contributed by atoms with E-state index in [1.54, 1.807) is 12.4 Å². The van der Waals surface area contributed by atoms with Crippen molar-refractivity contribution in [1.29, 1.82) is 0 Å². The Labute approximate surface area is 222 Å². The lowest BCUT2D eigenvalue weighted by molar-refractivity contribution is 0.0820. The smallest absolute Gasteiger partial charge is 0.258 e. The van der Waals surface area contributed by atoms with E-state index in [-0.39, 0.29) is 30.0 Å². The Kier molecular flexibility index (Phi) is 6.55. The molecule has 1 aromatic carbocycles. The van der Waals surface area contributed by atoms with Gasteiger partial charge in [-0.25, -0.2) is 13.8 Å². The quantitative estimate of drug-likeness (QED) is 0.373. The summed E-state index contributed by atoms with van der Waals surface area (Å²) in [6.07, 6.45) is 4.06. The summed E-state index contributed by atoms with van der Waals surface area (Å²) in [5.41, 5.74) is 2.86. The number of imidazole rings is 1. The molecule has 0 radical (unpaired) electrons. The van der Waals surface area contributed by atoms with Crippen molar-refractivity contribution < 1.29 is 9.13 Å². The minimum atomic E-state index is -0.186. The van der Waals surface area contributed by atoms with Crippen LogP contribution in [0, 0.1) is 18.7 Å². The number of hydrogen-bond donors (Lipinski definition) is 0. The molecule has 4 aromatic rings. The Hall–Kier alpha value is -3.11. The van der Waals surface area contributed by atoms with Crippen molar-refractivity contribution in [3.05, 3.63) is 47.8 Å². The van der Waals surface area contributed by atoms with E-state index in [4.69, 9.17) is 14.7 Å². The van der Waals surface area contributed by atoms with Crippen LogP contribution in [0.5, 0.6) is 0 Å². The van der Waals surface area contributed by atoms with Gasteiger partial charge < -0.3 is 14.2 Å². The van der Waals surface area contributed by atoms with Gasteiger partial charge in [0.1, 0.15) is 23.5 Å². The van der Waals surface area contributed by atoms with Crippen LogP contribution < -0.4 is 4.90 Å². The lowest BCUT2D eigenvalue weighted by atomic mass is 9.91. The first kappa shape index (κ1) is 25.2. The summed E-state index contributed by atoms with van der Waals surface area (Å²) < 4.78 is 24.3. The van der Waals surface area contributed by atoms with Crippen LogP contribution >= 0.6 is 0 Å². The standard InChI is InChI=1S/C28H37FN8O/c1-17(2)25(21-8-6-9-22(29)12-21)34-13-19(4)35(14-18(34)3)26-24-27(37-16-30-33-28(37)32-26)36(20(5)31-24)15-23-10-7-11-38-23/h6,8-9,12,16-19,23,25H,7,10-11,13-15H2,1-5H3/t18-,19+,23?,25-/m1/s1. The minimum absolute atomic E-state index is 0.130. The van der Waals surface area contributed by atoms with Crippen LogP contribution in [0.2, 0.25) is 0 Å². The maximum absolute atomic E-state index is 14.2. The summed E-state index contributed by atoms with van der Waals surface area (Å²) >= 11 is 0. The number of halogens is 1. The molecule has 0 bridgehead atoms. The number of anilines is 1. The van der Waals surface area contributed by atoms with Crippen molar-refractivity contribution in [2.24, 2.45) is 5.92 Å². The molecule has 0 saturated carbocycles. The van der Waals surface area contributed by atoms with Gasteiger partial charge in [0.2, 0.25) is 0 Å². The predicted octanol–water partition coefficient (Wildman–Crippen LogP) is 4.40. The van der Waals surface area contributed by atoms with Crippen LogP contribution in [0.4, 0.5) is 10.2 Å². The lowest BCUT2D eigenvalue weighted by Crippen LogP contribution is -2.58. The first-order valence-corrected chi connectivity index (χ1v) is 13.8. The Morgan fingerprint density at radius 2 is 1.97 bits per heavy atom. The van der Waals surface area contributed by atoms with Gasteiger partial charge in [-0.15, -0.1) is 10.2 Å². The summed E-state index contributed by atoms with van der Waals surface area (Å²) in [6.45, 7) is 14.1. The zero-order valence-electron chi connectivity index (χ0n) is 22.9. The lowest BCUT2D eigenvalue weighted by Gasteiger charge is -2.49. The van der Waals surface area contributed by atoms with Crippen LogP contribution in [0.15, 0.2) is 30.6 Å². The van der Waals surface area contributed by atoms with Gasteiger partial charge in [0.05, 0.1) is 12.6 Å². The number of aryl methyl sites for hydroxylation is 1. The largest absolute Gasteiger partial charge is 0.376 e. The maximum Gasteiger partial charge on any atom is 0.258 e. The predicted molar refractivity (Wildman–Crippen MR) is 145 cm³/mol. The SMILES string of the molecule is Cc1nc2c(N3C[C@@H](C)N([C@@H](c4cccc(F)c4)C(C)C)C[C@@H]3C)nc3nncn3c2n1CC1CCCO1. The Morgan fingerprint density at radius 1 is 1.13 bits per heavy atom. The van der Waals surface area contributed by atoms with E-state index in [1.165, 1.54) is 6.07 Å². The van der Waals surface area contributed by atoms with E-state index in [0.717, 1.165) is 67.5 Å². The molecule has 4 atom stereocenters. The molecule has 0 aliphatic carbocycles. The van der Waals surface area contributed by atoms with Gasteiger partial charge in [0.15, 0.2) is 11.5 Å². The molecule has 2 aliphatic rings. The second-order valence-electron chi connectivity index (χ2n) is 11.3. The van der Waals surface area contributed by atoms with Crippen LogP contribution in [0.3, 0.4) is 0 Å². The average Bonchev–Trinajstić information content (AvgIpc) is 3.62. The van der Waals surface area contributed by atoms with Crippen molar-refractivity contribution in [2.75, 3.05) is 24.6 Å². The molecule has 202 valence electrons. The Bertz CT molecular complexity index is 1440. The van der Waals surface area contributed by atoms with E-state index in [2.05, 4.69) is 52.3 Å². The highest BCUT2D eigenvalue weighted by molar-refractivity contribution is 5.87. The molecular formula is C28H37FN8O. The van der Waals surface area contributed by atoms with Crippen LogP contribution in [0.25, 0.3) is 16.9 Å². The molecule has 0 spiro atoms. The molecule has 9 nitrogen and oxygen atoms in total. The number of ether oxygens (including phenoxy) is 1.